The first-order valence-electron chi connectivity index (χ1n) is 5.20. The number of rotatable bonds is 5. The van der Waals surface area contributed by atoms with Crippen molar-refractivity contribution in [3.63, 3.8) is 0 Å². The highest BCUT2D eigenvalue weighted by Crippen LogP contribution is 2.33. The molecule has 0 spiro atoms. The van der Waals surface area contributed by atoms with Crippen molar-refractivity contribution >= 4 is 20.7 Å². The zero-order valence-electron chi connectivity index (χ0n) is 10.7. The van der Waals surface area contributed by atoms with Gasteiger partial charge in [0.2, 0.25) is 0 Å². The summed E-state index contributed by atoms with van der Waals surface area (Å²) in [6, 6.07) is 0.963. The summed E-state index contributed by atoms with van der Waals surface area (Å²) in [5.74, 6) is -0.706. The van der Waals surface area contributed by atoms with Gasteiger partial charge in [-0.25, -0.2) is 0 Å². The number of hydrogen-bond acceptors (Lipinski definition) is 6. The molecule has 0 heterocycles. The SMILES string of the molecule is Cc1c(CN=[N+]=[N-])cc(OS(=O)(=O)F)c(C)c1S(=O)(=O)F. The highest BCUT2D eigenvalue weighted by atomic mass is 32.3. The third kappa shape index (κ3) is 4.28. The molecule has 0 aliphatic rings. The normalized spacial score (nSPS) is 11.8. The Kier molecular flexibility index (Phi) is 4.76. The van der Waals surface area contributed by atoms with Gasteiger partial charge in [0.05, 0.1) is 6.54 Å². The minimum Gasteiger partial charge on any atom is -0.358 e. The van der Waals surface area contributed by atoms with Crippen molar-refractivity contribution in [2.45, 2.75) is 25.3 Å². The lowest BCUT2D eigenvalue weighted by atomic mass is 10.0. The number of halogens is 2. The lowest BCUT2D eigenvalue weighted by Crippen LogP contribution is -2.08. The van der Waals surface area contributed by atoms with Gasteiger partial charge in [0.1, 0.15) is 10.6 Å². The van der Waals surface area contributed by atoms with Gasteiger partial charge < -0.3 is 4.18 Å². The molecule has 0 saturated heterocycles. The summed E-state index contributed by atoms with van der Waals surface area (Å²) < 4.78 is 73.2. The number of hydrogen-bond donors (Lipinski definition) is 0. The molecule has 0 amide bonds. The quantitative estimate of drug-likeness (QED) is 0.351. The van der Waals surface area contributed by atoms with Gasteiger partial charge in [-0.3, -0.25) is 0 Å². The Labute approximate surface area is 119 Å². The first-order chi connectivity index (χ1) is 9.47. The summed E-state index contributed by atoms with van der Waals surface area (Å²) in [6.07, 6.45) is 0. The van der Waals surface area contributed by atoms with Crippen LogP contribution in [0.15, 0.2) is 16.1 Å². The van der Waals surface area contributed by atoms with Crippen molar-refractivity contribution in [1.82, 2.24) is 0 Å². The summed E-state index contributed by atoms with van der Waals surface area (Å²) in [5.41, 5.74) is 7.71. The van der Waals surface area contributed by atoms with E-state index >= 15 is 0 Å². The lowest BCUT2D eigenvalue weighted by molar-refractivity contribution is 0.437. The Balaban J connectivity index is 3.71. The van der Waals surface area contributed by atoms with Crippen LogP contribution in [-0.2, 0) is 27.3 Å². The Hall–Kier alpha value is -1.91. The molecule has 0 bridgehead atoms. The predicted molar refractivity (Wildman–Crippen MR) is 67.7 cm³/mol. The van der Waals surface area contributed by atoms with E-state index in [0.717, 1.165) is 13.0 Å². The van der Waals surface area contributed by atoms with E-state index in [2.05, 4.69) is 14.2 Å². The highest BCUT2D eigenvalue weighted by Gasteiger charge is 2.25. The topological polar surface area (TPSA) is 126 Å². The van der Waals surface area contributed by atoms with E-state index in [0.29, 0.717) is 0 Å². The Morgan fingerprint density at radius 2 is 1.81 bits per heavy atom. The van der Waals surface area contributed by atoms with Crippen LogP contribution in [0.1, 0.15) is 16.7 Å². The number of nitrogens with zero attached hydrogens (tertiary/aromatic N) is 3. The molecule has 0 aliphatic heterocycles. The third-order valence-electron chi connectivity index (χ3n) is 2.58. The van der Waals surface area contributed by atoms with Crippen molar-refractivity contribution in [1.29, 1.82) is 0 Å². The standard InChI is InChI=1S/C9H9F2N3O5S2/c1-5-7(4-13-14-12)3-8(19-21(11,17)18)6(2)9(5)20(10,15)16/h3H,4H2,1-2H3. The molecule has 1 aromatic rings. The average Bonchev–Trinajstić information content (AvgIpc) is 2.28. The summed E-state index contributed by atoms with van der Waals surface area (Å²) >= 11 is 0. The Morgan fingerprint density at radius 3 is 2.24 bits per heavy atom. The van der Waals surface area contributed by atoms with Crippen LogP contribution in [0.3, 0.4) is 0 Å². The smallest absolute Gasteiger partial charge is 0.358 e. The van der Waals surface area contributed by atoms with Gasteiger partial charge in [-0.1, -0.05) is 9.00 Å². The molecule has 1 rings (SSSR count). The summed E-state index contributed by atoms with van der Waals surface area (Å²) in [5, 5.41) is 3.16. The second-order valence-electron chi connectivity index (χ2n) is 3.92. The first kappa shape index (κ1) is 17.1. The van der Waals surface area contributed by atoms with E-state index < -0.39 is 43.5 Å². The van der Waals surface area contributed by atoms with Crippen LogP contribution < -0.4 is 4.18 Å². The van der Waals surface area contributed by atoms with E-state index in [9.17, 15) is 24.6 Å². The van der Waals surface area contributed by atoms with Crippen LogP contribution in [0.25, 0.3) is 10.4 Å². The molecule has 0 unspecified atom stereocenters. The second-order valence-corrected chi connectivity index (χ2v) is 6.15. The fraction of sp³-hybridized carbons (Fsp3) is 0.333. The van der Waals surface area contributed by atoms with Crippen molar-refractivity contribution < 1.29 is 28.8 Å². The molecular formula is C9H9F2N3O5S2. The monoisotopic (exact) mass is 341 g/mol. The number of benzene rings is 1. The molecule has 1 aromatic carbocycles. The summed E-state index contributed by atoms with van der Waals surface area (Å²) in [6.45, 7) is 1.89. The van der Waals surface area contributed by atoms with Gasteiger partial charge in [0.25, 0.3) is 0 Å². The molecule has 12 heteroatoms. The Morgan fingerprint density at radius 1 is 1.24 bits per heavy atom. The fourth-order valence-corrected chi connectivity index (χ4v) is 3.10. The van der Waals surface area contributed by atoms with Crippen LogP contribution in [-0.4, -0.2) is 16.8 Å². The van der Waals surface area contributed by atoms with Crippen LogP contribution >= 0.6 is 0 Å². The summed E-state index contributed by atoms with van der Waals surface area (Å²) in [4.78, 5) is 1.58. The maximum atomic E-state index is 13.3. The minimum absolute atomic E-state index is 0.0201. The van der Waals surface area contributed by atoms with Crippen molar-refractivity contribution in [3.8, 4) is 5.75 Å². The Bertz CT molecular complexity index is 829. The van der Waals surface area contributed by atoms with Gasteiger partial charge in [0.15, 0.2) is 0 Å². The zero-order chi connectivity index (χ0) is 16.4. The van der Waals surface area contributed by atoms with Crippen LogP contribution in [0.5, 0.6) is 5.75 Å². The molecule has 0 fully saturated rings. The average molecular weight is 341 g/mol. The molecule has 0 aliphatic carbocycles. The van der Waals surface area contributed by atoms with E-state index in [-0.39, 0.29) is 11.1 Å². The molecule has 8 nitrogen and oxygen atoms in total. The van der Waals surface area contributed by atoms with Gasteiger partial charge in [-0.15, -0.1) is 3.89 Å². The maximum Gasteiger partial charge on any atom is 0.488 e. The van der Waals surface area contributed by atoms with Crippen LogP contribution in [0, 0.1) is 13.8 Å². The van der Waals surface area contributed by atoms with E-state index in [4.69, 9.17) is 5.53 Å². The lowest BCUT2D eigenvalue weighted by Gasteiger charge is -2.14. The predicted octanol–water partition coefficient (Wildman–Crippen LogP) is 2.37. The van der Waals surface area contributed by atoms with E-state index in [1.165, 1.54) is 6.92 Å². The third-order valence-corrected chi connectivity index (χ3v) is 4.05. The highest BCUT2D eigenvalue weighted by molar-refractivity contribution is 7.86. The minimum atomic E-state index is -5.43. The molecular weight excluding hydrogens is 332 g/mol. The van der Waals surface area contributed by atoms with E-state index in [1.807, 2.05) is 0 Å². The zero-order valence-corrected chi connectivity index (χ0v) is 12.4. The molecule has 0 aromatic heterocycles. The largest absolute Gasteiger partial charge is 0.488 e. The van der Waals surface area contributed by atoms with E-state index in [1.54, 1.807) is 0 Å². The molecule has 21 heavy (non-hydrogen) atoms. The molecule has 0 saturated carbocycles. The van der Waals surface area contributed by atoms with Crippen LogP contribution in [0.4, 0.5) is 7.77 Å². The second kappa shape index (κ2) is 5.84. The summed E-state index contributed by atoms with van der Waals surface area (Å²) in [7, 11) is -10.7. The van der Waals surface area contributed by atoms with Crippen molar-refractivity contribution in [3.05, 3.63) is 33.2 Å². The maximum absolute atomic E-state index is 13.3. The van der Waals surface area contributed by atoms with Crippen molar-refractivity contribution in [2.75, 3.05) is 0 Å². The van der Waals surface area contributed by atoms with Crippen LogP contribution in [0.2, 0.25) is 0 Å². The van der Waals surface area contributed by atoms with Gasteiger partial charge in [0, 0.05) is 10.5 Å². The van der Waals surface area contributed by atoms with Gasteiger partial charge in [-0.05, 0) is 36.6 Å². The van der Waals surface area contributed by atoms with Crippen molar-refractivity contribution in [2.24, 2.45) is 5.11 Å². The van der Waals surface area contributed by atoms with Gasteiger partial charge >= 0.3 is 20.7 Å². The molecule has 116 valence electrons. The molecule has 0 atom stereocenters. The molecule has 0 N–H and O–H groups in total. The fourth-order valence-electron chi connectivity index (χ4n) is 1.75. The first-order valence-corrected chi connectivity index (χ1v) is 7.89. The molecule has 0 radical (unpaired) electrons. The number of azide groups is 1. The van der Waals surface area contributed by atoms with Gasteiger partial charge in [-0.2, -0.15) is 16.8 Å².